The largest absolute Gasteiger partial charge is 0.373 e. The second-order valence-electron chi connectivity index (χ2n) is 7.84. The van der Waals surface area contributed by atoms with Crippen LogP contribution < -0.4 is 5.73 Å². The molecule has 0 aromatic heterocycles. The Morgan fingerprint density at radius 1 is 1.08 bits per heavy atom. The van der Waals surface area contributed by atoms with Crippen molar-refractivity contribution in [1.82, 2.24) is 9.80 Å². The number of carbonyl (C=O) groups is 1. The number of carbonyl (C=O) groups excluding carboxylic acids is 1. The molecule has 25 heavy (non-hydrogen) atoms. The topological polar surface area (TPSA) is 58.8 Å². The molecule has 3 rings (SSSR count). The minimum absolute atomic E-state index is 0. The maximum Gasteiger partial charge on any atom is 0.226 e. The van der Waals surface area contributed by atoms with Crippen molar-refractivity contribution in [2.75, 3.05) is 32.7 Å². The van der Waals surface area contributed by atoms with Gasteiger partial charge in [0.2, 0.25) is 5.91 Å². The highest BCUT2D eigenvalue weighted by Gasteiger charge is 2.39. The van der Waals surface area contributed by atoms with E-state index >= 15 is 0 Å². The smallest absolute Gasteiger partial charge is 0.226 e. The van der Waals surface area contributed by atoms with Gasteiger partial charge in [-0.3, -0.25) is 9.69 Å². The van der Waals surface area contributed by atoms with Crippen LogP contribution in [0.25, 0.3) is 0 Å². The van der Waals surface area contributed by atoms with Gasteiger partial charge in [-0.2, -0.15) is 0 Å². The van der Waals surface area contributed by atoms with Crippen LogP contribution in [0.2, 0.25) is 0 Å². The molecule has 2 heterocycles. The van der Waals surface area contributed by atoms with E-state index in [1.54, 1.807) is 0 Å². The predicted octanol–water partition coefficient (Wildman–Crippen LogP) is 2.31. The maximum absolute atomic E-state index is 13.0. The summed E-state index contributed by atoms with van der Waals surface area (Å²) in [5, 5.41) is 0. The summed E-state index contributed by atoms with van der Waals surface area (Å²) >= 11 is 0. The first-order chi connectivity index (χ1) is 11.1. The number of likely N-dealkylation sites (tertiary alicyclic amines) is 1. The fourth-order valence-corrected chi connectivity index (χ4v) is 4.90. The lowest BCUT2D eigenvalue weighted by atomic mass is 9.94. The number of ether oxygens (including phenoxy) is 1. The van der Waals surface area contributed by atoms with Crippen molar-refractivity contribution in [3.05, 3.63) is 0 Å². The molecule has 0 bridgehead atoms. The number of morpholine rings is 1. The molecule has 1 aliphatic carbocycles. The number of hydrogen-bond donors (Lipinski definition) is 1. The third kappa shape index (κ3) is 5.46. The summed E-state index contributed by atoms with van der Waals surface area (Å²) in [4.78, 5) is 17.7. The number of hydrogen-bond acceptors (Lipinski definition) is 4. The molecule has 1 amide bonds. The Bertz CT molecular complexity index is 417. The van der Waals surface area contributed by atoms with E-state index < -0.39 is 0 Å². The third-order valence-corrected chi connectivity index (χ3v) is 5.90. The molecule has 5 atom stereocenters. The quantitative estimate of drug-likeness (QED) is 0.792. The van der Waals surface area contributed by atoms with Crippen molar-refractivity contribution in [1.29, 1.82) is 0 Å². The van der Waals surface area contributed by atoms with Crippen molar-refractivity contribution in [3.63, 3.8) is 0 Å². The van der Waals surface area contributed by atoms with Crippen LogP contribution in [0.3, 0.4) is 0 Å². The molecule has 0 aromatic rings. The molecule has 3 fully saturated rings. The lowest BCUT2D eigenvalue weighted by molar-refractivity contribution is -0.138. The molecule has 2 aliphatic heterocycles. The summed E-state index contributed by atoms with van der Waals surface area (Å²) in [5.74, 6) is 0.977. The predicted molar refractivity (Wildman–Crippen MR) is 106 cm³/mol. The van der Waals surface area contributed by atoms with E-state index in [1.165, 1.54) is 0 Å². The molecule has 7 heteroatoms. The summed E-state index contributed by atoms with van der Waals surface area (Å²) < 4.78 is 5.83. The van der Waals surface area contributed by atoms with Gasteiger partial charge in [0.1, 0.15) is 0 Å². The second kappa shape index (κ2) is 10.3. The van der Waals surface area contributed by atoms with Gasteiger partial charge in [0.05, 0.1) is 12.2 Å². The highest BCUT2D eigenvalue weighted by atomic mass is 35.5. The van der Waals surface area contributed by atoms with Crippen molar-refractivity contribution in [2.24, 2.45) is 17.6 Å². The van der Waals surface area contributed by atoms with Crippen molar-refractivity contribution in [3.8, 4) is 0 Å². The fourth-order valence-electron chi connectivity index (χ4n) is 4.90. The zero-order valence-corrected chi connectivity index (χ0v) is 17.2. The average molecular weight is 396 g/mol. The maximum atomic E-state index is 13.0. The zero-order valence-electron chi connectivity index (χ0n) is 15.6. The Balaban J connectivity index is 0.00000156. The van der Waals surface area contributed by atoms with E-state index in [9.17, 15) is 4.79 Å². The Hall–Kier alpha value is -0.0700. The molecule has 148 valence electrons. The van der Waals surface area contributed by atoms with Crippen LogP contribution in [0, 0.1) is 11.8 Å². The standard InChI is InChI=1S/C18H33N3O2.2ClH/c1-13-10-20(11-14(2)23-13)12-16-6-4-8-21(16)18(22)17-7-3-5-15(17)9-19;;/h13-17H,3-12,19H2,1-2H3;2*1H/t13?,14?,15-,16?,17-;;/m1../s1. The van der Waals surface area contributed by atoms with E-state index in [2.05, 4.69) is 23.6 Å². The molecule has 5 nitrogen and oxygen atoms in total. The highest BCUT2D eigenvalue weighted by Crippen LogP contribution is 2.34. The number of amides is 1. The number of rotatable bonds is 4. The summed E-state index contributed by atoms with van der Waals surface area (Å²) in [7, 11) is 0. The Labute approximate surface area is 164 Å². The van der Waals surface area contributed by atoms with Gasteiger partial charge in [-0.1, -0.05) is 6.42 Å². The van der Waals surface area contributed by atoms with Crippen LogP contribution >= 0.6 is 24.8 Å². The van der Waals surface area contributed by atoms with Gasteiger partial charge >= 0.3 is 0 Å². The summed E-state index contributed by atoms with van der Waals surface area (Å²) in [6.07, 6.45) is 6.20. The third-order valence-electron chi connectivity index (χ3n) is 5.90. The Morgan fingerprint density at radius 3 is 2.40 bits per heavy atom. The molecule has 3 unspecified atom stereocenters. The minimum atomic E-state index is 0. The Morgan fingerprint density at radius 2 is 1.76 bits per heavy atom. The first-order valence-electron chi connectivity index (χ1n) is 9.46. The lowest BCUT2D eigenvalue weighted by Gasteiger charge is -2.38. The van der Waals surface area contributed by atoms with E-state index in [-0.39, 0.29) is 30.7 Å². The van der Waals surface area contributed by atoms with Gasteiger partial charge in [0.25, 0.3) is 0 Å². The van der Waals surface area contributed by atoms with Crippen LogP contribution in [0.15, 0.2) is 0 Å². The average Bonchev–Trinajstić information content (AvgIpc) is 3.13. The van der Waals surface area contributed by atoms with Gasteiger partial charge in [-0.05, 0) is 52.0 Å². The monoisotopic (exact) mass is 395 g/mol. The van der Waals surface area contributed by atoms with Gasteiger partial charge in [0.15, 0.2) is 0 Å². The first-order valence-corrected chi connectivity index (χ1v) is 9.46. The van der Waals surface area contributed by atoms with E-state index in [4.69, 9.17) is 10.5 Å². The van der Waals surface area contributed by atoms with E-state index in [0.717, 1.165) is 58.3 Å². The van der Waals surface area contributed by atoms with Crippen molar-refractivity contribution < 1.29 is 9.53 Å². The number of nitrogens with zero attached hydrogens (tertiary/aromatic N) is 2. The van der Waals surface area contributed by atoms with Crippen LogP contribution in [0.5, 0.6) is 0 Å². The van der Waals surface area contributed by atoms with Crippen LogP contribution in [-0.2, 0) is 9.53 Å². The zero-order chi connectivity index (χ0) is 16.4. The summed E-state index contributed by atoms with van der Waals surface area (Å²) in [6, 6.07) is 0.388. The first kappa shape index (κ1) is 23.0. The molecule has 2 saturated heterocycles. The van der Waals surface area contributed by atoms with Crippen molar-refractivity contribution >= 4 is 30.7 Å². The Kier molecular flexibility index (Phi) is 9.47. The van der Waals surface area contributed by atoms with Gasteiger partial charge in [0, 0.05) is 38.1 Å². The normalized spacial score (nSPS) is 36.0. The van der Waals surface area contributed by atoms with E-state index in [1.807, 2.05) is 0 Å². The second-order valence-corrected chi connectivity index (χ2v) is 7.84. The number of halogens is 2. The summed E-state index contributed by atoms with van der Waals surface area (Å²) in [5.41, 5.74) is 5.88. The molecule has 0 aromatic carbocycles. The van der Waals surface area contributed by atoms with Crippen molar-refractivity contribution in [2.45, 2.75) is 64.2 Å². The van der Waals surface area contributed by atoms with Crippen LogP contribution in [-0.4, -0.2) is 66.7 Å². The van der Waals surface area contributed by atoms with Crippen LogP contribution in [0.1, 0.15) is 46.0 Å². The summed E-state index contributed by atoms with van der Waals surface area (Å²) in [6.45, 7) is 8.86. The van der Waals surface area contributed by atoms with Crippen LogP contribution in [0.4, 0.5) is 0 Å². The molecular formula is C18H35Cl2N3O2. The van der Waals surface area contributed by atoms with E-state index in [0.29, 0.717) is 36.6 Å². The molecule has 1 saturated carbocycles. The number of nitrogens with two attached hydrogens (primary N) is 1. The van der Waals surface area contributed by atoms with Gasteiger partial charge < -0.3 is 15.4 Å². The molecule has 3 aliphatic rings. The SMILES string of the molecule is CC1CN(CC2CCCN2C(=O)[C@@H]2CCC[C@@H]2CN)CC(C)O1.Cl.Cl. The fraction of sp³-hybridized carbons (Fsp3) is 0.944. The lowest BCUT2D eigenvalue weighted by Crippen LogP contribution is -2.51. The minimum Gasteiger partial charge on any atom is -0.373 e. The highest BCUT2D eigenvalue weighted by molar-refractivity contribution is 5.85. The van der Waals surface area contributed by atoms with Gasteiger partial charge in [-0.25, -0.2) is 0 Å². The molecular weight excluding hydrogens is 361 g/mol. The molecule has 0 radical (unpaired) electrons. The molecule has 0 spiro atoms. The molecule has 2 N–H and O–H groups in total. The van der Waals surface area contributed by atoms with Gasteiger partial charge in [-0.15, -0.1) is 24.8 Å².